The molecule has 0 unspecified atom stereocenters. The van der Waals surface area contributed by atoms with Gasteiger partial charge in [-0.05, 0) is 19.1 Å². The highest BCUT2D eigenvalue weighted by atomic mass is 35.5. The molecule has 0 atom stereocenters. The highest BCUT2D eigenvalue weighted by molar-refractivity contribution is 6.34. The number of nitrogens with one attached hydrogen (secondary N) is 1. The van der Waals surface area contributed by atoms with Crippen LogP contribution < -0.4 is 14.8 Å². The van der Waals surface area contributed by atoms with E-state index in [0.29, 0.717) is 47.7 Å². The lowest BCUT2D eigenvalue weighted by molar-refractivity contribution is 0.101. The van der Waals surface area contributed by atoms with Crippen molar-refractivity contribution in [2.45, 2.75) is 13.5 Å². The van der Waals surface area contributed by atoms with Crippen molar-refractivity contribution in [2.75, 3.05) is 18.5 Å². The molecule has 0 fully saturated rings. The van der Waals surface area contributed by atoms with Crippen LogP contribution in [-0.2, 0) is 6.54 Å². The van der Waals surface area contributed by atoms with E-state index in [1.165, 1.54) is 6.20 Å². The van der Waals surface area contributed by atoms with E-state index in [-0.39, 0.29) is 5.91 Å². The van der Waals surface area contributed by atoms with E-state index >= 15 is 0 Å². The van der Waals surface area contributed by atoms with Crippen molar-refractivity contribution in [3.63, 3.8) is 0 Å². The molecule has 1 aliphatic rings. The summed E-state index contributed by atoms with van der Waals surface area (Å²) in [6.07, 6.45) is 1.46. The number of benzene rings is 1. The molecule has 1 N–H and O–H groups in total. The number of hydrogen-bond donors (Lipinski definition) is 1. The third-order valence-corrected chi connectivity index (χ3v) is 3.39. The van der Waals surface area contributed by atoms with E-state index in [1.807, 2.05) is 6.92 Å². The number of carbonyl (C=O) groups is 1. The van der Waals surface area contributed by atoms with Gasteiger partial charge in [0.15, 0.2) is 11.5 Å². The number of fused-ring (bicyclic) bond motifs is 1. The molecule has 0 aliphatic carbocycles. The number of aryl methyl sites for hydroxylation is 1. The molecule has 0 saturated carbocycles. The minimum absolute atomic E-state index is 0.309. The first-order valence-electron chi connectivity index (χ1n) is 6.61. The molecule has 1 amide bonds. The van der Waals surface area contributed by atoms with Gasteiger partial charge in [-0.25, -0.2) is 0 Å². The first-order chi connectivity index (χ1) is 10.2. The van der Waals surface area contributed by atoms with Gasteiger partial charge in [0, 0.05) is 18.3 Å². The van der Waals surface area contributed by atoms with Crippen LogP contribution in [0.15, 0.2) is 24.4 Å². The lowest BCUT2D eigenvalue weighted by atomic mass is 10.2. The predicted molar refractivity (Wildman–Crippen MR) is 78.3 cm³/mol. The monoisotopic (exact) mass is 307 g/mol. The van der Waals surface area contributed by atoms with Gasteiger partial charge in [-0.15, -0.1) is 0 Å². The Morgan fingerprint density at radius 3 is 2.90 bits per heavy atom. The maximum Gasteiger partial charge on any atom is 0.275 e. The maximum atomic E-state index is 12.3. The Morgan fingerprint density at radius 1 is 1.38 bits per heavy atom. The van der Waals surface area contributed by atoms with Gasteiger partial charge in [-0.3, -0.25) is 9.48 Å². The Balaban J connectivity index is 1.83. The van der Waals surface area contributed by atoms with Gasteiger partial charge in [-0.1, -0.05) is 11.6 Å². The molecule has 0 spiro atoms. The van der Waals surface area contributed by atoms with Gasteiger partial charge in [-0.2, -0.15) is 5.10 Å². The normalized spacial score (nSPS) is 13.0. The second-order valence-electron chi connectivity index (χ2n) is 4.47. The van der Waals surface area contributed by atoms with Crippen molar-refractivity contribution in [2.24, 2.45) is 0 Å². The van der Waals surface area contributed by atoms with Crippen molar-refractivity contribution in [1.29, 1.82) is 0 Å². The lowest BCUT2D eigenvalue weighted by Gasteiger charge is -2.19. The molecule has 3 rings (SSSR count). The molecular formula is C14H14ClN3O3. The van der Waals surface area contributed by atoms with Crippen LogP contribution in [0.1, 0.15) is 17.4 Å². The minimum atomic E-state index is -0.309. The number of amides is 1. The minimum Gasteiger partial charge on any atom is -0.486 e. The number of halogens is 1. The number of ether oxygens (including phenoxy) is 2. The van der Waals surface area contributed by atoms with Gasteiger partial charge in [0.1, 0.15) is 18.9 Å². The van der Waals surface area contributed by atoms with Crippen LogP contribution in [-0.4, -0.2) is 28.9 Å². The second-order valence-corrected chi connectivity index (χ2v) is 4.88. The summed E-state index contributed by atoms with van der Waals surface area (Å²) in [5.41, 5.74) is 0.957. The molecule has 7 heteroatoms. The molecule has 0 bridgehead atoms. The molecule has 110 valence electrons. The molecule has 2 aromatic rings. The largest absolute Gasteiger partial charge is 0.486 e. The summed E-state index contributed by atoms with van der Waals surface area (Å²) in [5, 5.41) is 7.16. The lowest BCUT2D eigenvalue weighted by Crippen LogP contribution is -2.19. The molecule has 2 heterocycles. The van der Waals surface area contributed by atoms with Crippen LogP contribution >= 0.6 is 11.6 Å². The first kappa shape index (κ1) is 13.8. The summed E-state index contributed by atoms with van der Waals surface area (Å²) in [7, 11) is 0. The van der Waals surface area contributed by atoms with Crippen LogP contribution in [0, 0.1) is 0 Å². The topological polar surface area (TPSA) is 65.4 Å². The van der Waals surface area contributed by atoms with Crippen LogP contribution in [0.2, 0.25) is 5.02 Å². The second kappa shape index (κ2) is 5.65. The van der Waals surface area contributed by atoms with Crippen molar-refractivity contribution in [1.82, 2.24) is 9.78 Å². The summed E-state index contributed by atoms with van der Waals surface area (Å²) in [4.78, 5) is 12.3. The van der Waals surface area contributed by atoms with Crippen LogP contribution in [0.4, 0.5) is 5.69 Å². The molecule has 21 heavy (non-hydrogen) atoms. The van der Waals surface area contributed by atoms with E-state index in [9.17, 15) is 4.79 Å². The SMILES string of the molecule is CCn1ncc(Cl)c1C(=O)Nc1ccc2c(c1)OCCO2. The third kappa shape index (κ3) is 2.67. The average molecular weight is 308 g/mol. The summed E-state index contributed by atoms with van der Waals surface area (Å²) in [5.74, 6) is 0.987. The van der Waals surface area contributed by atoms with Crippen LogP contribution in [0.3, 0.4) is 0 Å². The Morgan fingerprint density at radius 2 is 2.14 bits per heavy atom. The number of carbonyl (C=O) groups excluding carboxylic acids is 1. The summed E-state index contributed by atoms with van der Waals surface area (Å²) < 4.78 is 12.5. The Kier molecular flexibility index (Phi) is 3.70. The van der Waals surface area contributed by atoms with Crippen molar-refractivity contribution in [3.05, 3.63) is 35.1 Å². The van der Waals surface area contributed by atoms with E-state index in [2.05, 4.69) is 10.4 Å². The molecule has 6 nitrogen and oxygen atoms in total. The van der Waals surface area contributed by atoms with E-state index in [1.54, 1.807) is 22.9 Å². The summed E-state index contributed by atoms with van der Waals surface area (Å²) in [6.45, 7) is 3.49. The molecule has 0 saturated heterocycles. The van der Waals surface area contributed by atoms with Crippen molar-refractivity contribution >= 4 is 23.2 Å². The predicted octanol–water partition coefficient (Wildman–Crippen LogP) is 2.58. The average Bonchev–Trinajstić information content (AvgIpc) is 2.88. The number of rotatable bonds is 3. The highest BCUT2D eigenvalue weighted by Gasteiger charge is 2.18. The van der Waals surface area contributed by atoms with Gasteiger partial charge >= 0.3 is 0 Å². The van der Waals surface area contributed by atoms with Crippen molar-refractivity contribution in [3.8, 4) is 11.5 Å². The Bertz CT molecular complexity index is 684. The fourth-order valence-corrected chi connectivity index (χ4v) is 2.37. The number of nitrogens with zero attached hydrogens (tertiary/aromatic N) is 2. The van der Waals surface area contributed by atoms with Crippen LogP contribution in [0.5, 0.6) is 11.5 Å². The van der Waals surface area contributed by atoms with Gasteiger partial charge < -0.3 is 14.8 Å². The number of hydrogen-bond acceptors (Lipinski definition) is 4. The van der Waals surface area contributed by atoms with E-state index in [0.717, 1.165) is 0 Å². The zero-order valence-electron chi connectivity index (χ0n) is 11.4. The van der Waals surface area contributed by atoms with Gasteiger partial charge in [0.25, 0.3) is 5.91 Å². The van der Waals surface area contributed by atoms with E-state index < -0.39 is 0 Å². The zero-order valence-corrected chi connectivity index (χ0v) is 12.2. The first-order valence-corrected chi connectivity index (χ1v) is 6.99. The van der Waals surface area contributed by atoms with Gasteiger partial charge in [0.05, 0.1) is 11.2 Å². The highest BCUT2D eigenvalue weighted by Crippen LogP contribution is 2.32. The third-order valence-electron chi connectivity index (χ3n) is 3.11. The fourth-order valence-electron chi connectivity index (χ4n) is 2.14. The zero-order chi connectivity index (χ0) is 14.8. The molecule has 1 aromatic carbocycles. The van der Waals surface area contributed by atoms with Gasteiger partial charge in [0.2, 0.25) is 0 Å². The molecule has 1 aliphatic heterocycles. The smallest absolute Gasteiger partial charge is 0.275 e. The number of aromatic nitrogens is 2. The quantitative estimate of drug-likeness (QED) is 0.946. The summed E-state index contributed by atoms with van der Waals surface area (Å²) >= 11 is 6.01. The summed E-state index contributed by atoms with van der Waals surface area (Å²) in [6, 6.07) is 5.25. The molecular weight excluding hydrogens is 294 g/mol. The fraction of sp³-hybridized carbons (Fsp3) is 0.286. The standard InChI is InChI=1S/C14H14ClN3O3/c1-2-18-13(10(15)8-16-18)14(19)17-9-3-4-11-12(7-9)21-6-5-20-11/h3-4,7-8H,2,5-6H2,1H3,(H,17,19). The Labute approximate surface area is 126 Å². The number of anilines is 1. The molecule has 1 aromatic heterocycles. The maximum absolute atomic E-state index is 12.3. The molecule has 0 radical (unpaired) electrons. The van der Waals surface area contributed by atoms with Crippen LogP contribution in [0.25, 0.3) is 0 Å². The van der Waals surface area contributed by atoms with E-state index in [4.69, 9.17) is 21.1 Å². The Hall–Kier alpha value is -2.21. The van der Waals surface area contributed by atoms with Crippen molar-refractivity contribution < 1.29 is 14.3 Å².